The zero-order valence-corrected chi connectivity index (χ0v) is 14.9. The molecule has 0 unspecified atom stereocenters. The predicted octanol–water partition coefficient (Wildman–Crippen LogP) is 3.35. The van der Waals surface area contributed by atoms with E-state index in [9.17, 15) is 13.2 Å². The minimum Gasteiger partial charge on any atom is -0.287 e. The molecule has 22 heavy (non-hydrogen) atoms. The Morgan fingerprint density at radius 2 is 1.95 bits per heavy atom. The lowest BCUT2D eigenvalue weighted by atomic mass is 9.94. The van der Waals surface area contributed by atoms with Crippen molar-refractivity contribution in [2.24, 2.45) is 4.40 Å². The second-order valence-electron chi connectivity index (χ2n) is 5.25. The molecule has 120 valence electrons. The number of amidine groups is 1. The van der Waals surface area contributed by atoms with Crippen molar-refractivity contribution in [1.29, 1.82) is 0 Å². The van der Waals surface area contributed by atoms with Crippen LogP contribution in [-0.4, -0.2) is 36.2 Å². The quantitative estimate of drug-likeness (QED) is 0.808. The maximum Gasteiger partial charge on any atom is 0.294 e. The van der Waals surface area contributed by atoms with Gasteiger partial charge in [0.15, 0.2) is 5.17 Å². The molecule has 1 aromatic heterocycles. The van der Waals surface area contributed by atoms with E-state index in [2.05, 4.69) is 4.40 Å². The molecule has 0 radical (unpaired) electrons. The average molecular weight is 379 g/mol. The Bertz CT molecular complexity index is 708. The molecule has 1 saturated carbocycles. The molecule has 1 amide bonds. The standard InChI is InChI=1S/C13H15ClN2O3S3/c14-10-6-7-12(21-10)22(18,19)15-13-16(11(17)8-20-13)9-4-2-1-3-5-9/h6-7,9H,1-5,8H2/b15-13-. The lowest BCUT2D eigenvalue weighted by molar-refractivity contribution is -0.126. The summed E-state index contributed by atoms with van der Waals surface area (Å²) in [7, 11) is -3.81. The van der Waals surface area contributed by atoms with Gasteiger partial charge < -0.3 is 0 Å². The van der Waals surface area contributed by atoms with Crippen molar-refractivity contribution >= 4 is 55.8 Å². The summed E-state index contributed by atoms with van der Waals surface area (Å²) in [6.07, 6.45) is 5.13. The Morgan fingerprint density at radius 1 is 1.23 bits per heavy atom. The Kier molecular flexibility index (Phi) is 4.82. The lowest BCUT2D eigenvalue weighted by Gasteiger charge is -2.30. The van der Waals surface area contributed by atoms with Gasteiger partial charge in [0.25, 0.3) is 10.0 Å². The van der Waals surface area contributed by atoms with E-state index < -0.39 is 10.0 Å². The highest BCUT2D eigenvalue weighted by molar-refractivity contribution is 8.15. The van der Waals surface area contributed by atoms with Crippen molar-refractivity contribution in [1.82, 2.24) is 4.90 Å². The maximum atomic E-state index is 12.3. The molecule has 1 aliphatic carbocycles. The fourth-order valence-corrected chi connectivity index (χ4v) is 6.35. The smallest absolute Gasteiger partial charge is 0.287 e. The first-order valence-corrected chi connectivity index (χ1v) is 10.6. The van der Waals surface area contributed by atoms with Gasteiger partial charge in [0.2, 0.25) is 5.91 Å². The first-order chi connectivity index (χ1) is 10.5. The van der Waals surface area contributed by atoms with Crippen LogP contribution in [-0.2, 0) is 14.8 Å². The summed E-state index contributed by atoms with van der Waals surface area (Å²) < 4.78 is 29.1. The van der Waals surface area contributed by atoms with E-state index in [-0.39, 0.29) is 21.9 Å². The van der Waals surface area contributed by atoms with E-state index >= 15 is 0 Å². The summed E-state index contributed by atoms with van der Waals surface area (Å²) in [5.41, 5.74) is 0. The number of amides is 1. The first kappa shape index (κ1) is 16.3. The summed E-state index contributed by atoms with van der Waals surface area (Å²) in [6, 6.07) is 3.06. The molecule has 2 heterocycles. The fourth-order valence-electron chi connectivity index (χ4n) is 2.73. The molecule has 9 heteroatoms. The van der Waals surface area contributed by atoms with Crippen LogP contribution in [0, 0.1) is 0 Å². The van der Waals surface area contributed by atoms with Crippen LogP contribution in [0.15, 0.2) is 20.7 Å². The van der Waals surface area contributed by atoms with E-state index in [1.807, 2.05) is 0 Å². The Hall–Kier alpha value is -0.570. The molecule has 1 saturated heterocycles. The largest absolute Gasteiger partial charge is 0.294 e. The van der Waals surface area contributed by atoms with Gasteiger partial charge in [0.1, 0.15) is 4.21 Å². The highest BCUT2D eigenvalue weighted by Gasteiger charge is 2.36. The normalized spacial score (nSPS) is 22.7. The van der Waals surface area contributed by atoms with Gasteiger partial charge in [-0.1, -0.05) is 42.6 Å². The summed E-state index contributed by atoms with van der Waals surface area (Å²) in [4.78, 5) is 13.7. The minimum atomic E-state index is -3.81. The minimum absolute atomic E-state index is 0.0462. The van der Waals surface area contributed by atoms with Crippen molar-refractivity contribution in [3.05, 3.63) is 16.5 Å². The van der Waals surface area contributed by atoms with Gasteiger partial charge in [-0.2, -0.15) is 8.42 Å². The number of hydrogen-bond acceptors (Lipinski definition) is 5. The third kappa shape index (κ3) is 3.34. The number of hydrogen-bond donors (Lipinski definition) is 0. The van der Waals surface area contributed by atoms with Crippen molar-refractivity contribution in [2.75, 3.05) is 5.75 Å². The van der Waals surface area contributed by atoms with Gasteiger partial charge in [0, 0.05) is 6.04 Å². The number of carbonyl (C=O) groups is 1. The van der Waals surface area contributed by atoms with Crippen LogP contribution in [0.3, 0.4) is 0 Å². The SMILES string of the molecule is O=C1CS/C(=N\S(=O)(=O)c2ccc(Cl)s2)N1C1CCCCC1. The highest BCUT2D eigenvalue weighted by atomic mass is 35.5. The maximum absolute atomic E-state index is 12.3. The van der Waals surface area contributed by atoms with Gasteiger partial charge in [0.05, 0.1) is 10.1 Å². The number of rotatable bonds is 3. The molecular formula is C13H15ClN2O3S3. The summed E-state index contributed by atoms with van der Waals surface area (Å²) in [5, 5.41) is 0.307. The third-order valence-electron chi connectivity index (χ3n) is 3.74. The Balaban J connectivity index is 1.89. The first-order valence-electron chi connectivity index (χ1n) is 7.02. The van der Waals surface area contributed by atoms with Crippen molar-refractivity contribution in [2.45, 2.75) is 42.4 Å². The van der Waals surface area contributed by atoms with Crippen LogP contribution in [0.5, 0.6) is 0 Å². The van der Waals surface area contributed by atoms with Crippen LogP contribution < -0.4 is 0 Å². The van der Waals surface area contributed by atoms with Crippen LogP contribution >= 0.6 is 34.7 Å². The second kappa shape index (κ2) is 6.51. The number of carbonyl (C=O) groups excluding carboxylic acids is 1. The molecule has 5 nitrogen and oxygen atoms in total. The summed E-state index contributed by atoms with van der Waals surface area (Å²) >= 11 is 7.97. The summed E-state index contributed by atoms with van der Waals surface area (Å²) in [6.45, 7) is 0. The Labute approximate surface area is 142 Å². The van der Waals surface area contributed by atoms with Gasteiger partial charge in [-0.15, -0.1) is 15.7 Å². The van der Waals surface area contributed by atoms with E-state index in [0.717, 1.165) is 37.0 Å². The van der Waals surface area contributed by atoms with Crippen LogP contribution in [0.1, 0.15) is 32.1 Å². The lowest BCUT2D eigenvalue weighted by Crippen LogP contribution is -2.41. The van der Waals surface area contributed by atoms with E-state index in [0.29, 0.717) is 9.50 Å². The van der Waals surface area contributed by atoms with Gasteiger partial charge >= 0.3 is 0 Å². The molecular weight excluding hydrogens is 364 g/mol. The molecule has 2 fully saturated rings. The molecule has 1 aromatic rings. The van der Waals surface area contributed by atoms with Crippen molar-refractivity contribution in [3.63, 3.8) is 0 Å². The molecule has 0 aromatic carbocycles. The van der Waals surface area contributed by atoms with E-state index in [4.69, 9.17) is 11.6 Å². The third-order valence-corrected chi connectivity index (χ3v) is 7.76. The molecule has 1 aliphatic heterocycles. The fraction of sp³-hybridized carbons (Fsp3) is 0.538. The number of halogens is 1. The predicted molar refractivity (Wildman–Crippen MR) is 90.1 cm³/mol. The Morgan fingerprint density at radius 3 is 2.59 bits per heavy atom. The van der Waals surface area contributed by atoms with Gasteiger partial charge in [-0.25, -0.2) is 0 Å². The van der Waals surface area contributed by atoms with Gasteiger partial charge in [-0.3, -0.25) is 9.69 Å². The number of thiophene rings is 1. The topological polar surface area (TPSA) is 66.8 Å². The average Bonchev–Trinajstić information content (AvgIpc) is 3.07. The van der Waals surface area contributed by atoms with Crippen molar-refractivity contribution in [3.8, 4) is 0 Å². The molecule has 2 aliphatic rings. The molecule has 0 bridgehead atoms. The monoisotopic (exact) mass is 378 g/mol. The van der Waals surface area contributed by atoms with Crippen LogP contribution in [0.4, 0.5) is 0 Å². The zero-order valence-electron chi connectivity index (χ0n) is 11.7. The van der Waals surface area contributed by atoms with Gasteiger partial charge in [-0.05, 0) is 25.0 Å². The van der Waals surface area contributed by atoms with E-state index in [1.165, 1.54) is 30.3 Å². The molecule has 0 spiro atoms. The number of nitrogens with zero attached hydrogens (tertiary/aromatic N) is 2. The highest BCUT2D eigenvalue weighted by Crippen LogP contribution is 2.32. The molecule has 0 N–H and O–H groups in total. The van der Waals surface area contributed by atoms with Crippen LogP contribution in [0.25, 0.3) is 0 Å². The van der Waals surface area contributed by atoms with E-state index in [1.54, 1.807) is 4.90 Å². The van der Waals surface area contributed by atoms with Crippen LogP contribution in [0.2, 0.25) is 4.34 Å². The molecule has 3 rings (SSSR count). The van der Waals surface area contributed by atoms with Crippen molar-refractivity contribution < 1.29 is 13.2 Å². The number of sulfonamides is 1. The zero-order chi connectivity index (χ0) is 15.7. The second-order valence-corrected chi connectivity index (χ2v) is 9.74. The summed E-state index contributed by atoms with van der Waals surface area (Å²) in [5.74, 6) is 0.214. The number of thioether (sulfide) groups is 1. The molecule has 0 atom stereocenters.